The molecular weight excluding hydrogens is 340 g/mol. The van der Waals surface area contributed by atoms with E-state index in [0.29, 0.717) is 12.5 Å². The van der Waals surface area contributed by atoms with Gasteiger partial charge in [-0.05, 0) is 31.2 Å². The van der Waals surface area contributed by atoms with Crippen LogP contribution in [-0.4, -0.2) is 66.1 Å². The molecule has 2 aliphatic rings. The molecule has 2 heterocycles. The first-order valence-electron chi connectivity index (χ1n) is 8.00. The molecule has 0 radical (unpaired) electrons. The normalized spacial score (nSPS) is 21.2. The number of oxime groups is 1. The first kappa shape index (κ1) is 19.3. The van der Waals surface area contributed by atoms with E-state index in [-0.39, 0.29) is 0 Å². The van der Waals surface area contributed by atoms with E-state index in [1.54, 1.807) is 7.11 Å². The molecule has 0 saturated carbocycles. The number of ether oxygens (including phenoxy) is 1. The van der Waals surface area contributed by atoms with Gasteiger partial charge in [0.1, 0.15) is 5.75 Å². The lowest BCUT2D eigenvalue weighted by Gasteiger charge is -2.12. The van der Waals surface area contributed by atoms with Crippen LogP contribution in [0.1, 0.15) is 12.0 Å². The molecular formula is C18H20N2O6. The first-order chi connectivity index (χ1) is 12.5. The van der Waals surface area contributed by atoms with Gasteiger partial charge in [-0.15, -0.1) is 0 Å². The molecule has 0 amide bonds. The molecule has 1 aromatic rings. The molecule has 2 bridgehead atoms. The van der Waals surface area contributed by atoms with Crippen LogP contribution in [0.2, 0.25) is 0 Å². The van der Waals surface area contributed by atoms with E-state index >= 15 is 0 Å². The summed E-state index contributed by atoms with van der Waals surface area (Å²) < 4.78 is 5.15. The van der Waals surface area contributed by atoms with Gasteiger partial charge in [-0.3, -0.25) is 4.90 Å². The molecule has 3 rings (SSSR count). The first-order valence-corrected chi connectivity index (χ1v) is 8.00. The maximum absolute atomic E-state index is 9.10. The average molecular weight is 360 g/mol. The van der Waals surface area contributed by atoms with Crippen molar-refractivity contribution in [1.29, 1.82) is 0 Å². The standard InChI is InChI=1S/C16H18N2O2.C2H2O4/c1-19-15-6-2-4-13(10-15)5-3-9-20-17-16-12-18-8-7-14(16)11-18;3-1(4)2(5)6/h2,4,6,10,14H,7-9,11-12H2,1H3;(H,3,4)(H,5,6)/b17-16+;. The van der Waals surface area contributed by atoms with E-state index in [0.717, 1.165) is 24.4 Å². The van der Waals surface area contributed by atoms with Crippen molar-refractivity contribution in [2.45, 2.75) is 6.42 Å². The summed E-state index contributed by atoms with van der Waals surface area (Å²) in [7, 11) is 1.65. The highest BCUT2D eigenvalue weighted by Gasteiger charge is 2.35. The molecule has 0 spiro atoms. The highest BCUT2D eigenvalue weighted by molar-refractivity contribution is 6.27. The molecule has 2 unspecified atom stereocenters. The zero-order valence-corrected chi connectivity index (χ0v) is 14.3. The molecule has 8 nitrogen and oxygen atoms in total. The van der Waals surface area contributed by atoms with E-state index in [9.17, 15) is 0 Å². The Morgan fingerprint density at radius 3 is 2.69 bits per heavy atom. The Morgan fingerprint density at radius 2 is 2.12 bits per heavy atom. The lowest BCUT2D eigenvalue weighted by atomic mass is 10.0. The van der Waals surface area contributed by atoms with Crippen LogP contribution in [-0.2, 0) is 14.4 Å². The molecule has 8 heteroatoms. The fourth-order valence-electron chi connectivity index (χ4n) is 2.70. The number of hydrogen-bond donors (Lipinski definition) is 2. The number of carboxylic acid groups (broad SMARTS) is 2. The largest absolute Gasteiger partial charge is 0.497 e. The van der Waals surface area contributed by atoms with Crippen LogP contribution >= 0.6 is 0 Å². The van der Waals surface area contributed by atoms with Gasteiger partial charge in [0.25, 0.3) is 0 Å². The van der Waals surface area contributed by atoms with Crippen LogP contribution in [0.5, 0.6) is 5.75 Å². The quantitative estimate of drug-likeness (QED) is 0.357. The topological polar surface area (TPSA) is 109 Å². The smallest absolute Gasteiger partial charge is 0.414 e. The van der Waals surface area contributed by atoms with E-state index in [1.165, 1.54) is 18.7 Å². The molecule has 138 valence electrons. The van der Waals surface area contributed by atoms with Crippen molar-refractivity contribution in [3.05, 3.63) is 29.8 Å². The maximum atomic E-state index is 9.10. The number of methoxy groups -OCH3 is 1. The Morgan fingerprint density at radius 1 is 1.35 bits per heavy atom. The van der Waals surface area contributed by atoms with Crippen molar-refractivity contribution >= 4 is 17.7 Å². The van der Waals surface area contributed by atoms with Crippen LogP contribution in [0.3, 0.4) is 0 Å². The van der Waals surface area contributed by atoms with Gasteiger partial charge in [-0.2, -0.15) is 0 Å². The lowest BCUT2D eigenvalue weighted by Crippen LogP contribution is -2.23. The number of aliphatic carboxylic acids is 2. The monoisotopic (exact) mass is 360 g/mol. The van der Waals surface area contributed by atoms with Gasteiger partial charge in [0.15, 0.2) is 6.61 Å². The van der Waals surface area contributed by atoms with Gasteiger partial charge < -0.3 is 19.8 Å². The van der Waals surface area contributed by atoms with Crippen molar-refractivity contribution in [1.82, 2.24) is 4.90 Å². The summed E-state index contributed by atoms with van der Waals surface area (Å²) in [6.07, 6.45) is 1.22. The number of carboxylic acids is 2. The SMILES string of the molecule is COc1cccc(C#CCO/N=C2\CN3CCC2C3)c1.O=C(O)C(=O)O. The highest BCUT2D eigenvalue weighted by atomic mass is 16.6. The summed E-state index contributed by atoms with van der Waals surface area (Å²) in [4.78, 5) is 25.9. The number of carbonyl (C=O) groups is 2. The van der Waals surface area contributed by atoms with Gasteiger partial charge in [0, 0.05) is 24.6 Å². The fraction of sp³-hybridized carbons (Fsp3) is 0.389. The Labute approximate surface area is 151 Å². The van der Waals surface area contributed by atoms with Gasteiger partial charge in [0.2, 0.25) is 0 Å². The molecule has 2 atom stereocenters. The van der Waals surface area contributed by atoms with Crippen LogP contribution in [0.15, 0.2) is 29.4 Å². The van der Waals surface area contributed by atoms with Crippen LogP contribution in [0.4, 0.5) is 0 Å². The zero-order valence-electron chi connectivity index (χ0n) is 14.3. The van der Waals surface area contributed by atoms with Crippen molar-refractivity contribution in [3.63, 3.8) is 0 Å². The Kier molecular flexibility index (Phi) is 7.00. The second kappa shape index (κ2) is 9.44. The van der Waals surface area contributed by atoms with Gasteiger partial charge in [-0.1, -0.05) is 23.1 Å². The second-order valence-electron chi connectivity index (χ2n) is 5.72. The number of benzene rings is 1. The lowest BCUT2D eigenvalue weighted by molar-refractivity contribution is -0.159. The number of nitrogens with zero attached hydrogens (tertiary/aromatic N) is 2. The molecule has 26 heavy (non-hydrogen) atoms. The number of hydrogen-bond acceptors (Lipinski definition) is 6. The third-order valence-corrected chi connectivity index (χ3v) is 3.93. The van der Waals surface area contributed by atoms with Gasteiger partial charge in [-0.25, -0.2) is 9.59 Å². The van der Waals surface area contributed by atoms with Crippen LogP contribution in [0, 0.1) is 17.8 Å². The summed E-state index contributed by atoms with van der Waals surface area (Å²) in [5.41, 5.74) is 2.10. The maximum Gasteiger partial charge on any atom is 0.414 e. The van der Waals surface area contributed by atoms with Crippen LogP contribution in [0.25, 0.3) is 0 Å². The van der Waals surface area contributed by atoms with Crippen molar-refractivity contribution < 1.29 is 29.4 Å². The third kappa shape index (κ3) is 5.79. The van der Waals surface area contributed by atoms with Gasteiger partial charge in [0.05, 0.1) is 12.8 Å². The fourth-order valence-corrected chi connectivity index (χ4v) is 2.70. The summed E-state index contributed by atoms with van der Waals surface area (Å²) in [5.74, 6) is 3.79. The van der Waals surface area contributed by atoms with Gasteiger partial charge >= 0.3 is 11.9 Å². The zero-order chi connectivity index (χ0) is 18.9. The minimum atomic E-state index is -1.82. The summed E-state index contributed by atoms with van der Waals surface area (Å²) in [6, 6.07) is 7.68. The predicted molar refractivity (Wildman–Crippen MR) is 93.1 cm³/mol. The molecule has 2 aliphatic heterocycles. The number of rotatable bonds is 3. The molecule has 0 aliphatic carbocycles. The molecule has 0 aromatic heterocycles. The van der Waals surface area contributed by atoms with E-state index < -0.39 is 11.9 Å². The minimum absolute atomic E-state index is 0.327. The minimum Gasteiger partial charge on any atom is -0.497 e. The highest BCUT2D eigenvalue weighted by Crippen LogP contribution is 2.25. The van der Waals surface area contributed by atoms with Crippen molar-refractivity contribution in [2.75, 3.05) is 33.4 Å². The van der Waals surface area contributed by atoms with E-state index in [1.807, 2.05) is 24.3 Å². The van der Waals surface area contributed by atoms with E-state index in [2.05, 4.69) is 21.9 Å². The number of piperidine rings is 1. The Bertz CT molecular complexity index is 738. The number of fused-ring (bicyclic) bond motifs is 2. The molecule has 1 aromatic carbocycles. The third-order valence-electron chi connectivity index (χ3n) is 3.93. The van der Waals surface area contributed by atoms with E-state index in [4.69, 9.17) is 29.4 Å². The van der Waals surface area contributed by atoms with Crippen LogP contribution < -0.4 is 4.74 Å². The Hall–Kier alpha value is -3.05. The van der Waals surface area contributed by atoms with Crippen molar-refractivity contribution in [2.24, 2.45) is 11.1 Å². The Balaban J connectivity index is 0.000000352. The summed E-state index contributed by atoms with van der Waals surface area (Å²) in [6.45, 7) is 3.65. The molecule has 2 saturated heterocycles. The molecule has 2 fully saturated rings. The predicted octanol–water partition coefficient (Wildman–Crippen LogP) is 0.910. The summed E-state index contributed by atoms with van der Waals surface area (Å²) >= 11 is 0. The second-order valence-corrected chi connectivity index (χ2v) is 5.72. The summed E-state index contributed by atoms with van der Waals surface area (Å²) in [5, 5.41) is 19.0. The average Bonchev–Trinajstić information content (AvgIpc) is 3.25. The van der Waals surface area contributed by atoms with Crippen molar-refractivity contribution in [3.8, 4) is 17.6 Å². The molecule has 2 N–H and O–H groups in total.